The summed E-state index contributed by atoms with van der Waals surface area (Å²) in [5.41, 5.74) is 1.60. The molecule has 0 aliphatic carbocycles. The van der Waals surface area contributed by atoms with E-state index >= 15 is 0 Å². The Balaban J connectivity index is 2.95. The van der Waals surface area contributed by atoms with Crippen LogP contribution in [0.5, 0.6) is 0 Å². The number of ketones is 1. The van der Waals surface area contributed by atoms with E-state index in [0.29, 0.717) is 5.69 Å². The van der Waals surface area contributed by atoms with Crippen LogP contribution in [0.3, 0.4) is 0 Å². The van der Waals surface area contributed by atoms with Gasteiger partial charge in [0.25, 0.3) is 0 Å². The first-order valence-electron chi connectivity index (χ1n) is 3.81. The quantitative estimate of drug-likeness (QED) is 0.501. The second-order valence-corrected chi connectivity index (χ2v) is 2.60. The molecule has 0 amide bonds. The van der Waals surface area contributed by atoms with E-state index < -0.39 is 0 Å². The van der Waals surface area contributed by atoms with E-state index in [1.165, 1.54) is 6.92 Å². The van der Waals surface area contributed by atoms with E-state index in [-0.39, 0.29) is 5.78 Å². The van der Waals surface area contributed by atoms with Gasteiger partial charge in [0, 0.05) is 13.1 Å². The van der Waals surface area contributed by atoms with Crippen LogP contribution >= 0.6 is 0 Å². The molecule has 0 fully saturated rings. The number of nitrogens with zero attached hydrogens (tertiary/aromatic N) is 1. The maximum absolute atomic E-state index is 10.9. The largest absolute Gasteiger partial charge is 0.293 e. The SMILES string of the molecule is C=CCc1ccnc(C(C)=O)c1. The Morgan fingerprint density at radius 2 is 2.50 bits per heavy atom. The second kappa shape index (κ2) is 3.81. The summed E-state index contributed by atoms with van der Waals surface area (Å²) in [6, 6.07) is 3.68. The van der Waals surface area contributed by atoms with Crippen LogP contribution in [-0.2, 0) is 6.42 Å². The molecule has 62 valence electrons. The first-order valence-corrected chi connectivity index (χ1v) is 3.81. The highest BCUT2D eigenvalue weighted by Crippen LogP contribution is 2.03. The lowest BCUT2D eigenvalue weighted by atomic mass is 10.1. The van der Waals surface area contributed by atoms with Gasteiger partial charge in [-0.1, -0.05) is 6.08 Å². The third kappa shape index (κ3) is 2.02. The third-order valence-electron chi connectivity index (χ3n) is 1.57. The van der Waals surface area contributed by atoms with Crippen LogP contribution in [0.15, 0.2) is 31.0 Å². The predicted octanol–water partition coefficient (Wildman–Crippen LogP) is 2.01. The van der Waals surface area contributed by atoms with Crippen molar-refractivity contribution >= 4 is 5.78 Å². The predicted molar refractivity (Wildman–Crippen MR) is 48.1 cm³/mol. The standard InChI is InChI=1S/C10H11NO/c1-3-4-9-5-6-11-10(7-9)8(2)12/h3,5-7H,1,4H2,2H3. The van der Waals surface area contributed by atoms with Gasteiger partial charge in [0.05, 0.1) is 0 Å². The van der Waals surface area contributed by atoms with Crippen molar-refractivity contribution in [3.05, 3.63) is 42.2 Å². The summed E-state index contributed by atoms with van der Waals surface area (Å²) in [4.78, 5) is 14.9. The van der Waals surface area contributed by atoms with Crippen LogP contribution in [0.4, 0.5) is 0 Å². The van der Waals surface area contributed by atoms with E-state index in [1.807, 2.05) is 6.07 Å². The molecule has 2 heteroatoms. The van der Waals surface area contributed by atoms with Crippen molar-refractivity contribution in [2.75, 3.05) is 0 Å². The molecule has 0 aliphatic heterocycles. The number of allylic oxidation sites excluding steroid dienone is 1. The van der Waals surface area contributed by atoms with E-state index in [2.05, 4.69) is 11.6 Å². The summed E-state index contributed by atoms with van der Waals surface area (Å²) in [5.74, 6) is 0.000845. The fourth-order valence-corrected chi connectivity index (χ4v) is 0.960. The van der Waals surface area contributed by atoms with Gasteiger partial charge < -0.3 is 0 Å². The smallest absolute Gasteiger partial charge is 0.178 e. The minimum atomic E-state index is 0.000845. The molecule has 1 heterocycles. The van der Waals surface area contributed by atoms with Crippen LogP contribution in [0, 0.1) is 0 Å². The van der Waals surface area contributed by atoms with Gasteiger partial charge in [0.1, 0.15) is 5.69 Å². The van der Waals surface area contributed by atoms with Crippen LogP contribution in [0.1, 0.15) is 23.0 Å². The first kappa shape index (κ1) is 8.65. The summed E-state index contributed by atoms with van der Waals surface area (Å²) < 4.78 is 0. The molecule has 0 saturated carbocycles. The van der Waals surface area contributed by atoms with Gasteiger partial charge in [-0.15, -0.1) is 6.58 Å². The van der Waals surface area contributed by atoms with Crippen LogP contribution in [-0.4, -0.2) is 10.8 Å². The maximum Gasteiger partial charge on any atom is 0.178 e. The molecule has 1 rings (SSSR count). The number of aromatic nitrogens is 1. The van der Waals surface area contributed by atoms with Crippen molar-refractivity contribution in [2.24, 2.45) is 0 Å². The van der Waals surface area contributed by atoms with Gasteiger partial charge in [-0.2, -0.15) is 0 Å². The van der Waals surface area contributed by atoms with Crippen molar-refractivity contribution in [2.45, 2.75) is 13.3 Å². The molecule has 1 aromatic heterocycles. The molecule has 2 nitrogen and oxygen atoms in total. The van der Waals surface area contributed by atoms with E-state index in [4.69, 9.17) is 0 Å². The molecule has 0 unspecified atom stereocenters. The Morgan fingerprint density at radius 3 is 3.08 bits per heavy atom. The fraction of sp³-hybridized carbons (Fsp3) is 0.200. The first-order chi connectivity index (χ1) is 5.74. The molecule has 12 heavy (non-hydrogen) atoms. The molecular weight excluding hydrogens is 150 g/mol. The summed E-state index contributed by atoms with van der Waals surface area (Å²) >= 11 is 0. The Morgan fingerprint density at radius 1 is 1.75 bits per heavy atom. The Kier molecular flexibility index (Phi) is 2.75. The molecule has 0 atom stereocenters. The fourth-order valence-electron chi connectivity index (χ4n) is 0.960. The van der Waals surface area contributed by atoms with Crippen LogP contribution in [0.25, 0.3) is 0 Å². The normalized spacial score (nSPS) is 9.42. The van der Waals surface area contributed by atoms with Crippen LogP contribution in [0.2, 0.25) is 0 Å². The van der Waals surface area contributed by atoms with Gasteiger partial charge in [0.2, 0.25) is 0 Å². The summed E-state index contributed by atoms with van der Waals surface area (Å²) in [7, 11) is 0. The summed E-state index contributed by atoms with van der Waals surface area (Å²) in [6.07, 6.45) is 4.23. The lowest BCUT2D eigenvalue weighted by Gasteiger charge is -1.97. The van der Waals surface area contributed by atoms with Gasteiger partial charge in [-0.3, -0.25) is 9.78 Å². The van der Waals surface area contributed by atoms with Crippen molar-refractivity contribution in [3.63, 3.8) is 0 Å². The Labute approximate surface area is 71.9 Å². The zero-order valence-electron chi connectivity index (χ0n) is 7.08. The Hall–Kier alpha value is -1.44. The minimum Gasteiger partial charge on any atom is -0.293 e. The van der Waals surface area contributed by atoms with Crippen LogP contribution < -0.4 is 0 Å². The highest BCUT2D eigenvalue weighted by molar-refractivity contribution is 5.92. The second-order valence-electron chi connectivity index (χ2n) is 2.60. The van der Waals surface area contributed by atoms with Crippen molar-refractivity contribution in [3.8, 4) is 0 Å². The topological polar surface area (TPSA) is 30.0 Å². The molecule has 0 saturated heterocycles. The number of carbonyl (C=O) groups is 1. The number of Topliss-reactive ketones (excluding diaryl/α,β-unsaturated/α-hetero) is 1. The summed E-state index contributed by atoms with van der Waals surface area (Å²) in [5, 5.41) is 0. The zero-order valence-corrected chi connectivity index (χ0v) is 7.08. The highest BCUT2D eigenvalue weighted by Gasteiger charge is 2.00. The van der Waals surface area contributed by atoms with Gasteiger partial charge in [-0.05, 0) is 24.1 Å². The molecule has 0 spiro atoms. The van der Waals surface area contributed by atoms with Crippen molar-refractivity contribution in [1.82, 2.24) is 4.98 Å². The van der Waals surface area contributed by atoms with E-state index in [1.54, 1.807) is 18.3 Å². The number of pyridine rings is 1. The number of rotatable bonds is 3. The summed E-state index contributed by atoms with van der Waals surface area (Å²) in [6.45, 7) is 5.14. The number of hydrogen-bond acceptors (Lipinski definition) is 2. The molecule has 0 bridgehead atoms. The Bertz CT molecular complexity index is 304. The lowest BCUT2D eigenvalue weighted by molar-refractivity contribution is 0.101. The third-order valence-corrected chi connectivity index (χ3v) is 1.57. The van der Waals surface area contributed by atoms with Gasteiger partial charge >= 0.3 is 0 Å². The minimum absolute atomic E-state index is 0.000845. The lowest BCUT2D eigenvalue weighted by Crippen LogP contribution is -1.97. The molecule has 1 aromatic rings. The molecule has 0 aliphatic rings. The highest BCUT2D eigenvalue weighted by atomic mass is 16.1. The number of hydrogen-bond donors (Lipinski definition) is 0. The molecule has 0 radical (unpaired) electrons. The van der Waals surface area contributed by atoms with Crippen molar-refractivity contribution < 1.29 is 4.79 Å². The monoisotopic (exact) mass is 161 g/mol. The number of carbonyl (C=O) groups excluding carboxylic acids is 1. The van der Waals surface area contributed by atoms with Gasteiger partial charge in [0.15, 0.2) is 5.78 Å². The van der Waals surface area contributed by atoms with Crippen molar-refractivity contribution in [1.29, 1.82) is 0 Å². The molecule has 0 aromatic carbocycles. The van der Waals surface area contributed by atoms with E-state index in [9.17, 15) is 4.79 Å². The average molecular weight is 161 g/mol. The zero-order chi connectivity index (χ0) is 8.97. The molecular formula is C10H11NO. The van der Waals surface area contributed by atoms with E-state index in [0.717, 1.165) is 12.0 Å². The average Bonchev–Trinajstić information content (AvgIpc) is 2.05. The maximum atomic E-state index is 10.9. The molecule has 0 N–H and O–H groups in total. The van der Waals surface area contributed by atoms with Gasteiger partial charge in [-0.25, -0.2) is 0 Å².